The summed E-state index contributed by atoms with van der Waals surface area (Å²) in [7, 11) is -1.59. The molecule has 0 aromatic heterocycles. The molecule has 2 atom stereocenters. The average Bonchev–Trinajstić information content (AvgIpc) is 3.08. The lowest BCUT2D eigenvalue weighted by Gasteiger charge is -2.43. The Morgan fingerprint density at radius 2 is 1.74 bits per heavy atom. The number of anilines is 1. The number of sulfone groups is 1. The number of para-hydroxylation sites is 1. The molecule has 0 spiro atoms. The number of amides is 1. The molecule has 166 valence electrons. The minimum Gasteiger partial charge on any atom is -0.496 e. The van der Waals surface area contributed by atoms with Gasteiger partial charge in [0.15, 0.2) is 9.84 Å². The number of hydrogen-bond acceptors (Lipinski definition) is 6. The highest BCUT2D eigenvalue weighted by molar-refractivity contribution is 7.91. The SMILES string of the molecule is CCOc1ccc(N2C(=O)CN(CCc3ccccc3OC)C3CS(=O)(=O)CC32)cc1. The molecule has 0 bridgehead atoms. The third-order valence-electron chi connectivity index (χ3n) is 5.99. The van der Waals surface area contributed by atoms with Gasteiger partial charge < -0.3 is 14.4 Å². The van der Waals surface area contributed by atoms with Crippen LogP contribution in [0.1, 0.15) is 12.5 Å². The molecule has 4 rings (SSSR count). The Balaban J connectivity index is 1.56. The Kier molecular flexibility index (Phi) is 6.20. The number of ether oxygens (including phenoxy) is 2. The summed E-state index contributed by atoms with van der Waals surface area (Å²) in [5, 5.41) is 0. The largest absolute Gasteiger partial charge is 0.496 e. The maximum Gasteiger partial charge on any atom is 0.241 e. The zero-order valence-corrected chi connectivity index (χ0v) is 18.7. The van der Waals surface area contributed by atoms with Crippen LogP contribution in [-0.4, -0.2) is 69.6 Å². The second kappa shape index (κ2) is 8.88. The van der Waals surface area contributed by atoms with E-state index in [1.807, 2.05) is 60.4 Å². The van der Waals surface area contributed by atoms with Crippen molar-refractivity contribution in [2.24, 2.45) is 0 Å². The van der Waals surface area contributed by atoms with Crippen LogP contribution >= 0.6 is 0 Å². The first-order valence-electron chi connectivity index (χ1n) is 10.5. The zero-order chi connectivity index (χ0) is 22.0. The number of methoxy groups -OCH3 is 1. The third kappa shape index (κ3) is 4.55. The molecule has 2 aromatic carbocycles. The predicted molar refractivity (Wildman–Crippen MR) is 120 cm³/mol. The van der Waals surface area contributed by atoms with Gasteiger partial charge in [-0.3, -0.25) is 9.69 Å². The van der Waals surface area contributed by atoms with Crippen LogP contribution < -0.4 is 14.4 Å². The van der Waals surface area contributed by atoms with E-state index in [4.69, 9.17) is 9.47 Å². The Morgan fingerprint density at radius 1 is 1.03 bits per heavy atom. The molecule has 2 aliphatic heterocycles. The molecule has 2 heterocycles. The van der Waals surface area contributed by atoms with Crippen LogP contribution in [0.3, 0.4) is 0 Å². The number of benzene rings is 2. The number of piperazine rings is 1. The minimum atomic E-state index is -3.22. The van der Waals surface area contributed by atoms with Gasteiger partial charge >= 0.3 is 0 Å². The van der Waals surface area contributed by atoms with Crippen molar-refractivity contribution in [3.63, 3.8) is 0 Å². The number of nitrogens with zero attached hydrogens (tertiary/aromatic N) is 2. The van der Waals surface area contributed by atoms with Gasteiger partial charge in [-0.05, 0) is 49.2 Å². The van der Waals surface area contributed by atoms with Crippen LogP contribution in [0, 0.1) is 0 Å². The fourth-order valence-electron chi connectivity index (χ4n) is 4.58. The second-order valence-electron chi connectivity index (χ2n) is 7.93. The van der Waals surface area contributed by atoms with Crippen molar-refractivity contribution < 1.29 is 22.7 Å². The van der Waals surface area contributed by atoms with Crippen molar-refractivity contribution in [3.8, 4) is 11.5 Å². The van der Waals surface area contributed by atoms with Crippen molar-refractivity contribution in [3.05, 3.63) is 54.1 Å². The molecule has 2 unspecified atom stereocenters. The number of carbonyl (C=O) groups is 1. The van der Waals surface area contributed by atoms with E-state index >= 15 is 0 Å². The summed E-state index contributed by atoms with van der Waals surface area (Å²) in [5.41, 5.74) is 1.76. The van der Waals surface area contributed by atoms with Gasteiger partial charge in [0.2, 0.25) is 5.91 Å². The molecular formula is C23H28N2O5S. The Bertz CT molecular complexity index is 1040. The smallest absolute Gasteiger partial charge is 0.241 e. The van der Waals surface area contributed by atoms with E-state index in [1.165, 1.54) is 0 Å². The first kappa shape index (κ1) is 21.6. The van der Waals surface area contributed by atoms with Crippen LogP contribution in [0.5, 0.6) is 11.5 Å². The summed E-state index contributed by atoms with van der Waals surface area (Å²) in [5.74, 6) is 1.51. The number of fused-ring (bicyclic) bond motifs is 1. The topological polar surface area (TPSA) is 76.2 Å². The molecule has 0 aliphatic carbocycles. The van der Waals surface area contributed by atoms with Gasteiger partial charge in [0, 0.05) is 18.3 Å². The highest BCUT2D eigenvalue weighted by Crippen LogP contribution is 2.33. The van der Waals surface area contributed by atoms with Crippen molar-refractivity contribution in [1.82, 2.24) is 4.90 Å². The zero-order valence-electron chi connectivity index (χ0n) is 17.9. The summed E-state index contributed by atoms with van der Waals surface area (Å²) in [6.45, 7) is 3.26. The Labute approximate surface area is 183 Å². The quantitative estimate of drug-likeness (QED) is 0.651. The van der Waals surface area contributed by atoms with Crippen LogP contribution in [0.15, 0.2) is 48.5 Å². The van der Waals surface area contributed by atoms with E-state index in [1.54, 1.807) is 12.0 Å². The maximum absolute atomic E-state index is 13.1. The Morgan fingerprint density at radius 3 is 2.45 bits per heavy atom. The molecule has 2 aliphatic rings. The maximum atomic E-state index is 13.1. The molecule has 2 fully saturated rings. The van der Waals surface area contributed by atoms with Crippen molar-refractivity contribution >= 4 is 21.4 Å². The lowest BCUT2D eigenvalue weighted by Crippen LogP contribution is -2.62. The fourth-order valence-corrected chi connectivity index (χ4v) is 6.56. The first-order chi connectivity index (χ1) is 14.9. The van der Waals surface area contributed by atoms with E-state index in [0.717, 1.165) is 17.1 Å². The van der Waals surface area contributed by atoms with E-state index in [0.29, 0.717) is 25.3 Å². The highest BCUT2D eigenvalue weighted by atomic mass is 32.2. The van der Waals surface area contributed by atoms with Gasteiger partial charge in [0.05, 0.1) is 37.8 Å². The molecule has 31 heavy (non-hydrogen) atoms. The molecule has 2 saturated heterocycles. The van der Waals surface area contributed by atoms with Gasteiger partial charge in [0.25, 0.3) is 0 Å². The lowest BCUT2D eigenvalue weighted by atomic mass is 10.0. The normalized spacial score (nSPS) is 22.9. The molecular weight excluding hydrogens is 416 g/mol. The van der Waals surface area contributed by atoms with Crippen LogP contribution in [0.25, 0.3) is 0 Å². The van der Waals surface area contributed by atoms with Gasteiger partial charge in [-0.15, -0.1) is 0 Å². The monoisotopic (exact) mass is 444 g/mol. The molecule has 0 radical (unpaired) electrons. The summed E-state index contributed by atoms with van der Waals surface area (Å²) in [6, 6.07) is 14.5. The van der Waals surface area contributed by atoms with Gasteiger partial charge in [-0.1, -0.05) is 18.2 Å². The van der Waals surface area contributed by atoms with E-state index in [9.17, 15) is 13.2 Å². The summed E-state index contributed by atoms with van der Waals surface area (Å²) in [6.07, 6.45) is 0.684. The molecule has 7 nitrogen and oxygen atoms in total. The molecule has 1 amide bonds. The number of carbonyl (C=O) groups excluding carboxylic acids is 1. The first-order valence-corrected chi connectivity index (χ1v) is 12.4. The molecule has 0 N–H and O–H groups in total. The standard InChI is InChI=1S/C23H28N2O5S/c1-3-30-19-10-8-18(9-11-19)25-21-16-31(27,28)15-20(21)24(14-23(25)26)13-12-17-6-4-5-7-22(17)29-2/h4-11,20-21H,3,12-16H2,1-2H3. The van der Waals surface area contributed by atoms with Gasteiger partial charge in [-0.25, -0.2) is 8.42 Å². The fraction of sp³-hybridized carbons (Fsp3) is 0.435. The van der Waals surface area contributed by atoms with Crippen molar-refractivity contribution in [2.75, 3.05) is 43.2 Å². The van der Waals surface area contributed by atoms with Crippen LogP contribution in [0.2, 0.25) is 0 Å². The van der Waals surface area contributed by atoms with Gasteiger partial charge in [0.1, 0.15) is 11.5 Å². The van der Waals surface area contributed by atoms with Crippen LogP contribution in [-0.2, 0) is 21.1 Å². The summed E-state index contributed by atoms with van der Waals surface area (Å²) in [4.78, 5) is 16.8. The van der Waals surface area contributed by atoms with E-state index in [-0.39, 0.29) is 36.0 Å². The lowest BCUT2D eigenvalue weighted by molar-refractivity contribution is -0.123. The minimum absolute atomic E-state index is 0.0121. The molecule has 0 saturated carbocycles. The Hall–Kier alpha value is -2.58. The second-order valence-corrected chi connectivity index (χ2v) is 10.1. The number of rotatable bonds is 7. The van der Waals surface area contributed by atoms with E-state index in [2.05, 4.69) is 0 Å². The molecule has 8 heteroatoms. The molecule has 2 aromatic rings. The van der Waals surface area contributed by atoms with Crippen LogP contribution in [0.4, 0.5) is 5.69 Å². The van der Waals surface area contributed by atoms with Crippen molar-refractivity contribution in [2.45, 2.75) is 25.4 Å². The number of hydrogen-bond donors (Lipinski definition) is 0. The predicted octanol–water partition coefficient (Wildman–Crippen LogP) is 2.15. The van der Waals surface area contributed by atoms with E-state index < -0.39 is 9.84 Å². The third-order valence-corrected chi connectivity index (χ3v) is 7.69. The summed E-state index contributed by atoms with van der Waals surface area (Å²) >= 11 is 0. The highest BCUT2D eigenvalue weighted by Gasteiger charge is 2.49. The van der Waals surface area contributed by atoms with Crippen molar-refractivity contribution in [1.29, 1.82) is 0 Å². The summed E-state index contributed by atoms with van der Waals surface area (Å²) < 4.78 is 36.0. The average molecular weight is 445 g/mol. The van der Waals surface area contributed by atoms with Gasteiger partial charge in [-0.2, -0.15) is 0 Å².